The predicted octanol–water partition coefficient (Wildman–Crippen LogP) is 3.40. The van der Waals surface area contributed by atoms with Gasteiger partial charge in [0.1, 0.15) is 0 Å². The molecule has 7 heteroatoms. The molecule has 25 heavy (non-hydrogen) atoms. The summed E-state index contributed by atoms with van der Waals surface area (Å²) in [5, 5.41) is 0.0522. The number of hydrogen-bond acceptors (Lipinski definition) is 5. The van der Waals surface area contributed by atoms with Gasteiger partial charge in [0, 0.05) is 11.8 Å². The van der Waals surface area contributed by atoms with Crippen molar-refractivity contribution in [3.05, 3.63) is 63.7 Å². The number of benzene rings is 2. The Kier molecular flexibility index (Phi) is 5.65. The molecule has 132 valence electrons. The summed E-state index contributed by atoms with van der Waals surface area (Å²) in [6.45, 7) is 3.26. The Hall–Kier alpha value is -2.18. The summed E-state index contributed by atoms with van der Waals surface area (Å²) in [4.78, 5) is 24.3. The van der Waals surface area contributed by atoms with Crippen LogP contribution in [0.25, 0.3) is 0 Å². The number of ketones is 1. The molecule has 0 radical (unpaired) electrons. The first kappa shape index (κ1) is 19.1. The maximum absolute atomic E-state index is 12.2. The normalized spacial score (nSPS) is 11.2. The lowest BCUT2D eigenvalue weighted by atomic mass is 10.0. The van der Waals surface area contributed by atoms with Crippen molar-refractivity contribution in [3.8, 4) is 0 Å². The molecule has 0 unspecified atom stereocenters. The first-order valence-corrected chi connectivity index (χ1v) is 9.63. The van der Waals surface area contributed by atoms with Crippen LogP contribution in [-0.2, 0) is 14.6 Å². The Morgan fingerprint density at radius 1 is 1.04 bits per heavy atom. The molecule has 0 atom stereocenters. The van der Waals surface area contributed by atoms with Crippen LogP contribution in [-0.4, -0.2) is 33.0 Å². The monoisotopic (exact) mass is 380 g/mol. The molecule has 0 aliphatic carbocycles. The van der Waals surface area contributed by atoms with E-state index >= 15 is 0 Å². The average molecular weight is 381 g/mol. The highest BCUT2D eigenvalue weighted by molar-refractivity contribution is 7.90. The van der Waals surface area contributed by atoms with E-state index in [1.54, 1.807) is 19.1 Å². The van der Waals surface area contributed by atoms with Crippen LogP contribution in [0.15, 0.2) is 41.3 Å². The summed E-state index contributed by atoms with van der Waals surface area (Å²) >= 11 is 5.94. The van der Waals surface area contributed by atoms with Crippen molar-refractivity contribution in [2.45, 2.75) is 18.7 Å². The summed E-state index contributed by atoms with van der Waals surface area (Å²) in [6.07, 6.45) is 1.02. The lowest BCUT2D eigenvalue weighted by molar-refractivity contribution is 0.0474. The highest BCUT2D eigenvalue weighted by Gasteiger charge is 2.18. The highest BCUT2D eigenvalue weighted by atomic mass is 35.5. The molecule has 0 saturated heterocycles. The minimum absolute atomic E-state index is 0.0513. The molecule has 0 heterocycles. The van der Waals surface area contributed by atoms with Crippen LogP contribution in [0.1, 0.15) is 31.8 Å². The van der Waals surface area contributed by atoms with Crippen molar-refractivity contribution < 1.29 is 22.7 Å². The smallest absolute Gasteiger partial charge is 0.340 e. The Bertz CT molecular complexity index is 948. The van der Waals surface area contributed by atoms with Crippen LogP contribution >= 0.6 is 11.6 Å². The van der Waals surface area contributed by atoms with Gasteiger partial charge in [-0.25, -0.2) is 13.2 Å². The van der Waals surface area contributed by atoms with Crippen LogP contribution in [0.5, 0.6) is 0 Å². The molecule has 5 nitrogen and oxygen atoms in total. The van der Waals surface area contributed by atoms with Crippen molar-refractivity contribution in [2.24, 2.45) is 0 Å². The van der Waals surface area contributed by atoms with E-state index in [2.05, 4.69) is 0 Å². The molecule has 0 aromatic heterocycles. The summed E-state index contributed by atoms with van der Waals surface area (Å²) in [7, 11) is -3.49. The molecule has 0 fully saturated rings. The van der Waals surface area contributed by atoms with Gasteiger partial charge < -0.3 is 4.74 Å². The van der Waals surface area contributed by atoms with Crippen LogP contribution in [0.4, 0.5) is 0 Å². The SMILES string of the molecule is Cc1ccc(C(=O)COC(=O)c2cc(S(C)(=O)=O)ccc2Cl)c(C)c1. The summed E-state index contributed by atoms with van der Waals surface area (Å²) in [5.74, 6) is -1.20. The number of Topliss-reactive ketones (excluding diaryl/α,β-unsaturated/α-hetero) is 1. The fourth-order valence-corrected chi connectivity index (χ4v) is 3.15. The number of sulfone groups is 1. The van der Waals surface area contributed by atoms with E-state index in [4.69, 9.17) is 16.3 Å². The topological polar surface area (TPSA) is 77.5 Å². The fourth-order valence-electron chi connectivity index (χ4n) is 2.30. The number of halogens is 1. The zero-order valence-electron chi connectivity index (χ0n) is 14.0. The largest absolute Gasteiger partial charge is 0.454 e. The minimum atomic E-state index is -3.49. The van der Waals surface area contributed by atoms with E-state index in [1.807, 2.05) is 13.0 Å². The number of carbonyl (C=O) groups excluding carboxylic acids is 2. The third-order valence-electron chi connectivity index (χ3n) is 3.60. The lowest BCUT2D eigenvalue weighted by Crippen LogP contribution is -2.16. The molecule has 0 aliphatic heterocycles. The minimum Gasteiger partial charge on any atom is -0.454 e. The Labute approximate surface area is 151 Å². The summed E-state index contributed by atoms with van der Waals surface area (Å²) in [6, 6.07) is 9.09. The quantitative estimate of drug-likeness (QED) is 0.586. The van der Waals surface area contributed by atoms with Gasteiger partial charge in [0.2, 0.25) is 5.78 Å². The first-order valence-electron chi connectivity index (χ1n) is 7.37. The molecular formula is C18H17ClO5S. The number of carbonyl (C=O) groups is 2. The number of ether oxygens (including phenoxy) is 1. The molecule has 0 amide bonds. The van der Waals surface area contributed by atoms with Crippen molar-refractivity contribution in [1.82, 2.24) is 0 Å². The number of hydrogen-bond donors (Lipinski definition) is 0. The molecule has 0 bridgehead atoms. The summed E-state index contributed by atoms with van der Waals surface area (Å²) in [5.41, 5.74) is 2.18. The first-order chi connectivity index (χ1) is 11.6. The lowest BCUT2D eigenvalue weighted by Gasteiger charge is -2.09. The van der Waals surface area contributed by atoms with Gasteiger partial charge in [-0.2, -0.15) is 0 Å². The molecular weight excluding hydrogens is 364 g/mol. The van der Waals surface area contributed by atoms with Crippen LogP contribution in [0.3, 0.4) is 0 Å². The van der Waals surface area contributed by atoms with Crippen LogP contribution < -0.4 is 0 Å². The number of rotatable bonds is 5. The van der Waals surface area contributed by atoms with Crippen LogP contribution in [0.2, 0.25) is 5.02 Å². The van der Waals surface area contributed by atoms with E-state index in [0.29, 0.717) is 5.56 Å². The maximum Gasteiger partial charge on any atom is 0.340 e. The van der Waals surface area contributed by atoms with E-state index < -0.39 is 22.4 Å². The van der Waals surface area contributed by atoms with Gasteiger partial charge in [-0.05, 0) is 37.6 Å². The molecule has 2 aromatic carbocycles. The predicted molar refractivity (Wildman–Crippen MR) is 95.1 cm³/mol. The number of esters is 1. The molecule has 2 aromatic rings. The van der Waals surface area contributed by atoms with Gasteiger partial charge in [-0.1, -0.05) is 35.4 Å². The van der Waals surface area contributed by atoms with Crippen molar-refractivity contribution in [3.63, 3.8) is 0 Å². The maximum atomic E-state index is 12.2. The second kappa shape index (κ2) is 7.37. The zero-order chi connectivity index (χ0) is 18.8. The number of aryl methyl sites for hydroxylation is 2. The molecule has 2 rings (SSSR count). The van der Waals surface area contributed by atoms with E-state index in [1.165, 1.54) is 12.1 Å². The standard InChI is InChI=1S/C18H17ClO5S/c1-11-4-6-14(12(2)8-11)17(20)10-24-18(21)15-9-13(25(3,22)23)5-7-16(15)19/h4-9H,10H2,1-3H3. The van der Waals surface area contributed by atoms with Crippen LogP contribution in [0, 0.1) is 13.8 Å². The molecule has 0 aliphatic rings. The van der Waals surface area contributed by atoms with Crippen molar-refractivity contribution >= 4 is 33.2 Å². The third kappa shape index (κ3) is 4.67. The van der Waals surface area contributed by atoms with Gasteiger partial charge >= 0.3 is 5.97 Å². The van der Waals surface area contributed by atoms with E-state index in [9.17, 15) is 18.0 Å². The fraction of sp³-hybridized carbons (Fsp3) is 0.222. The highest BCUT2D eigenvalue weighted by Crippen LogP contribution is 2.21. The summed E-state index contributed by atoms with van der Waals surface area (Å²) < 4.78 is 28.2. The zero-order valence-corrected chi connectivity index (χ0v) is 15.6. The molecule has 0 N–H and O–H groups in total. The third-order valence-corrected chi connectivity index (χ3v) is 5.04. The second-order valence-corrected chi connectivity index (χ2v) is 8.15. The van der Waals surface area contributed by atoms with Crippen molar-refractivity contribution in [1.29, 1.82) is 0 Å². The van der Waals surface area contributed by atoms with Gasteiger partial charge in [-0.15, -0.1) is 0 Å². The Morgan fingerprint density at radius 2 is 1.72 bits per heavy atom. The van der Waals surface area contributed by atoms with Gasteiger partial charge in [0.05, 0.1) is 15.5 Å². The van der Waals surface area contributed by atoms with Gasteiger partial charge in [0.25, 0.3) is 0 Å². The Balaban J connectivity index is 2.16. The van der Waals surface area contributed by atoms with Crippen molar-refractivity contribution in [2.75, 3.05) is 12.9 Å². The van der Waals surface area contributed by atoms with E-state index in [-0.39, 0.29) is 21.3 Å². The van der Waals surface area contributed by atoms with Gasteiger partial charge in [0.15, 0.2) is 16.4 Å². The average Bonchev–Trinajstić information content (AvgIpc) is 2.51. The van der Waals surface area contributed by atoms with Gasteiger partial charge in [-0.3, -0.25) is 4.79 Å². The Morgan fingerprint density at radius 3 is 2.32 bits per heavy atom. The molecule has 0 saturated carbocycles. The second-order valence-electron chi connectivity index (χ2n) is 5.73. The molecule has 0 spiro atoms. The van der Waals surface area contributed by atoms with E-state index in [0.717, 1.165) is 23.4 Å².